The summed E-state index contributed by atoms with van der Waals surface area (Å²) >= 11 is 0. The highest BCUT2D eigenvalue weighted by Gasteiger charge is 2.49. The van der Waals surface area contributed by atoms with Crippen LogP contribution in [0.4, 0.5) is 0 Å². The summed E-state index contributed by atoms with van der Waals surface area (Å²) in [7, 11) is 0. The summed E-state index contributed by atoms with van der Waals surface area (Å²) in [5, 5.41) is 4.89. The number of rotatable bonds is 3. The standard InChI is InChI=1S/C17H27N3/c1-10(8-18)16-9-20(19-11(16)2)17-14-4-12-3-13(6-14)7-15(17)5-12/h9-10,12-15,17H,3-8,18H2,1-2H3. The first-order chi connectivity index (χ1) is 9.65. The molecule has 0 radical (unpaired) electrons. The van der Waals surface area contributed by atoms with E-state index in [0.717, 1.165) is 23.7 Å². The van der Waals surface area contributed by atoms with Crippen molar-refractivity contribution in [2.24, 2.45) is 29.4 Å². The van der Waals surface area contributed by atoms with E-state index in [1.807, 2.05) is 0 Å². The Labute approximate surface area is 121 Å². The zero-order chi connectivity index (χ0) is 13.9. The van der Waals surface area contributed by atoms with Crippen LogP contribution >= 0.6 is 0 Å². The highest BCUT2D eigenvalue weighted by atomic mass is 15.3. The number of aromatic nitrogens is 2. The molecule has 4 aliphatic carbocycles. The van der Waals surface area contributed by atoms with Gasteiger partial charge in [-0.25, -0.2) is 0 Å². The van der Waals surface area contributed by atoms with Crippen molar-refractivity contribution >= 4 is 0 Å². The molecule has 0 aromatic carbocycles. The molecule has 4 bridgehead atoms. The van der Waals surface area contributed by atoms with Crippen LogP contribution in [0.25, 0.3) is 0 Å². The number of nitrogens with two attached hydrogens (primary N) is 1. The molecule has 1 aromatic heterocycles. The smallest absolute Gasteiger partial charge is 0.0628 e. The summed E-state index contributed by atoms with van der Waals surface area (Å²) in [6.07, 6.45) is 9.67. The normalized spacial score (nSPS) is 40.2. The fourth-order valence-corrected chi connectivity index (χ4v) is 5.59. The number of hydrogen-bond donors (Lipinski definition) is 1. The van der Waals surface area contributed by atoms with Crippen LogP contribution in [-0.2, 0) is 0 Å². The maximum Gasteiger partial charge on any atom is 0.0628 e. The minimum Gasteiger partial charge on any atom is -0.330 e. The summed E-state index contributed by atoms with van der Waals surface area (Å²) in [6, 6.07) is 0.681. The van der Waals surface area contributed by atoms with Crippen molar-refractivity contribution in [1.82, 2.24) is 9.78 Å². The van der Waals surface area contributed by atoms with Gasteiger partial charge >= 0.3 is 0 Å². The Bertz CT molecular complexity index is 476. The van der Waals surface area contributed by atoms with Gasteiger partial charge in [0, 0.05) is 6.20 Å². The number of aryl methyl sites for hydroxylation is 1. The zero-order valence-electron chi connectivity index (χ0n) is 12.8. The van der Waals surface area contributed by atoms with Gasteiger partial charge in [-0.15, -0.1) is 0 Å². The van der Waals surface area contributed by atoms with Gasteiger partial charge in [-0.3, -0.25) is 4.68 Å². The Hall–Kier alpha value is -0.830. The summed E-state index contributed by atoms with van der Waals surface area (Å²) in [5.74, 6) is 4.29. The van der Waals surface area contributed by atoms with E-state index in [1.54, 1.807) is 0 Å². The average Bonchev–Trinajstić information content (AvgIpc) is 2.78. The van der Waals surface area contributed by atoms with Crippen LogP contribution in [0.15, 0.2) is 6.20 Å². The predicted molar refractivity (Wildman–Crippen MR) is 80.5 cm³/mol. The van der Waals surface area contributed by atoms with Crippen molar-refractivity contribution in [3.8, 4) is 0 Å². The lowest BCUT2D eigenvalue weighted by Crippen LogP contribution is -2.46. The third-order valence-corrected chi connectivity index (χ3v) is 6.32. The maximum atomic E-state index is 5.84. The molecule has 4 saturated carbocycles. The molecule has 1 aromatic rings. The largest absolute Gasteiger partial charge is 0.330 e. The minimum atomic E-state index is 0.431. The molecule has 20 heavy (non-hydrogen) atoms. The van der Waals surface area contributed by atoms with Crippen molar-refractivity contribution < 1.29 is 0 Å². The molecule has 110 valence electrons. The molecule has 4 fully saturated rings. The van der Waals surface area contributed by atoms with Gasteiger partial charge in [0.25, 0.3) is 0 Å². The monoisotopic (exact) mass is 273 g/mol. The van der Waals surface area contributed by atoms with E-state index in [4.69, 9.17) is 10.8 Å². The lowest BCUT2D eigenvalue weighted by Gasteiger charge is -2.54. The van der Waals surface area contributed by atoms with E-state index in [9.17, 15) is 0 Å². The quantitative estimate of drug-likeness (QED) is 0.918. The summed E-state index contributed by atoms with van der Waals surface area (Å²) < 4.78 is 2.34. The molecule has 1 atom stereocenters. The van der Waals surface area contributed by atoms with Gasteiger partial charge in [-0.1, -0.05) is 6.92 Å². The van der Waals surface area contributed by atoms with Gasteiger partial charge in [0.2, 0.25) is 0 Å². The summed E-state index contributed by atoms with van der Waals surface area (Å²) in [6.45, 7) is 5.08. The average molecular weight is 273 g/mol. The molecular formula is C17H27N3. The Balaban J connectivity index is 1.64. The first-order valence-corrected chi connectivity index (χ1v) is 8.41. The van der Waals surface area contributed by atoms with E-state index in [0.29, 0.717) is 18.5 Å². The van der Waals surface area contributed by atoms with Crippen molar-refractivity contribution in [2.45, 2.75) is 57.9 Å². The number of hydrogen-bond acceptors (Lipinski definition) is 2. The third kappa shape index (κ3) is 1.86. The Kier molecular flexibility index (Phi) is 2.95. The van der Waals surface area contributed by atoms with Gasteiger partial charge < -0.3 is 5.73 Å². The van der Waals surface area contributed by atoms with Crippen LogP contribution in [0.3, 0.4) is 0 Å². The van der Waals surface area contributed by atoms with Crippen molar-refractivity contribution in [3.63, 3.8) is 0 Å². The topological polar surface area (TPSA) is 43.8 Å². The highest BCUT2D eigenvalue weighted by Crippen LogP contribution is 2.58. The molecule has 3 heteroatoms. The van der Waals surface area contributed by atoms with Gasteiger partial charge in [-0.05, 0) is 80.7 Å². The van der Waals surface area contributed by atoms with E-state index >= 15 is 0 Å². The predicted octanol–water partition coefficient (Wildman–Crippen LogP) is 3.25. The van der Waals surface area contributed by atoms with Crippen LogP contribution in [-0.4, -0.2) is 16.3 Å². The van der Waals surface area contributed by atoms with Crippen LogP contribution in [0, 0.1) is 30.6 Å². The molecule has 3 nitrogen and oxygen atoms in total. The van der Waals surface area contributed by atoms with Crippen molar-refractivity contribution in [3.05, 3.63) is 17.5 Å². The summed E-state index contributed by atoms with van der Waals surface area (Å²) in [5.41, 5.74) is 8.39. The van der Waals surface area contributed by atoms with Gasteiger partial charge in [0.15, 0.2) is 0 Å². The van der Waals surface area contributed by atoms with Crippen LogP contribution < -0.4 is 5.73 Å². The van der Waals surface area contributed by atoms with E-state index in [2.05, 4.69) is 24.7 Å². The summed E-state index contributed by atoms with van der Waals surface area (Å²) in [4.78, 5) is 0. The molecule has 0 spiro atoms. The molecule has 4 aliphatic rings. The molecule has 5 rings (SSSR count). The first-order valence-electron chi connectivity index (χ1n) is 8.41. The van der Waals surface area contributed by atoms with Gasteiger partial charge in [-0.2, -0.15) is 5.10 Å². The lowest BCUT2D eigenvalue weighted by molar-refractivity contribution is -0.0337. The van der Waals surface area contributed by atoms with Crippen molar-refractivity contribution in [1.29, 1.82) is 0 Å². The fraction of sp³-hybridized carbons (Fsp3) is 0.824. The van der Waals surface area contributed by atoms with Crippen molar-refractivity contribution in [2.75, 3.05) is 6.54 Å². The van der Waals surface area contributed by atoms with Gasteiger partial charge in [0.1, 0.15) is 0 Å². The van der Waals surface area contributed by atoms with E-state index < -0.39 is 0 Å². The second-order valence-corrected chi connectivity index (χ2v) is 7.71. The SMILES string of the molecule is Cc1nn(C2C3CC4CC(C3)CC2C4)cc1C(C)CN. The molecule has 1 unspecified atom stereocenters. The Morgan fingerprint density at radius 3 is 2.35 bits per heavy atom. The third-order valence-electron chi connectivity index (χ3n) is 6.32. The number of nitrogens with zero attached hydrogens (tertiary/aromatic N) is 2. The zero-order valence-corrected chi connectivity index (χ0v) is 12.8. The molecular weight excluding hydrogens is 246 g/mol. The van der Waals surface area contributed by atoms with E-state index in [1.165, 1.54) is 43.4 Å². The second kappa shape index (κ2) is 4.59. The lowest BCUT2D eigenvalue weighted by atomic mass is 9.54. The molecule has 0 aliphatic heterocycles. The first kappa shape index (κ1) is 12.9. The maximum absolute atomic E-state index is 5.84. The van der Waals surface area contributed by atoms with Gasteiger partial charge in [0.05, 0.1) is 11.7 Å². The highest BCUT2D eigenvalue weighted by molar-refractivity contribution is 5.21. The van der Waals surface area contributed by atoms with Crippen LogP contribution in [0.5, 0.6) is 0 Å². The Morgan fingerprint density at radius 1 is 1.20 bits per heavy atom. The molecule has 0 amide bonds. The Morgan fingerprint density at radius 2 is 1.80 bits per heavy atom. The minimum absolute atomic E-state index is 0.431. The molecule has 1 heterocycles. The molecule has 2 N–H and O–H groups in total. The van der Waals surface area contributed by atoms with E-state index in [-0.39, 0.29) is 0 Å². The van der Waals surface area contributed by atoms with Crippen LogP contribution in [0.2, 0.25) is 0 Å². The second-order valence-electron chi connectivity index (χ2n) is 7.71. The fourth-order valence-electron chi connectivity index (χ4n) is 5.59. The van der Waals surface area contributed by atoms with Crippen LogP contribution in [0.1, 0.15) is 62.2 Å². The molecule has 0 saturated heterocycles.